The van der Waals surface area contributed by atoms with Crippen molar-refractivity contribution in [1.82, 2.24) is 5.06 Å². The lowest BCUT2D eigenvalue weighted by molar-refractivity contribution is -0.182. The molecule has 1 aliphatic heterocycles. The van der Waals surface area contributed by atoms with Gasteiger partial charge in [0.1, 0.15) is 0 Å². The second kappa shape index (κ2) is 4.63. The summed E-state index contributed by atoms with van der Waals surface area (Å²) in [6.45, 7) is 0.574. The predicted octanol–water partition coefficient (Wildman–Crippen LogP) is 1.32. The number of likely N-dealkylation sites (N-methyl/N-ethyl adjacent to an activating group) is 1. The zero-order valence-corrected chi connectivity index (χ0v) is 9.47. The van der Waals surface area contributed by atoms with Crippen LogP contribution in [0.3, 0.4) is 0 Å². The number of ether oxygens (including phenoxy) is 1. The highest BCUT2D eigenvalue weighted by molar-refractivity contribution is 5.81. The Morgan fingerprint density at radius 3 is 3.00 bits per heavy atom. The third kappa shape index (κ3) is 1.94. The lowest BCUT2D eigenvalue weighted by Crippen LogP contribution is -2.34. The largest absolute Gasteiger partial charge is 0.363 e. The van der Waals surface area contributed by atoms with Crippen molar-refractivity contribution in [2.24, 2.45) is 0 Å². The third-order valence-electron chi connectivity index (χ3n) is 2.80. The first-order valence-corrected chi connectivity index (χ1v) is 5.25. The number of hydroxylamine groups is 2. The topological polar surface area (TPSA) is 38.8 Å². The van der Waals surface area contributed by atoms with E-state index in [1.807, 2.05) is 24.3 Å². The van der Waals surface area contributed by atoms with Gasteiger partial charge in [-0.3, -0.25) is 9.63 Å². The first kappa shape index (κ1) is 11.1. The second-order valence-electron chi connectivity index (χ2n) is 3.72. The van der Waals surface area contributed by atoms with Gasteiger partial charge >= 0.3 is 0 Å². The van der Waals surface area contributed by atoms with Crippen LogP contribution in [0.15, 0.2) is 24.3 Å². The smallest absolute Gasteiger partial charge is 0.279 e. The number of carbonyl (C=O) groups is 1. The molecule has 0 bridgehead atoms. The van der Waals surface area contributed by atoms with Gasteiger partial charge in [0.15, 0.2) is 6.10 Å². The number of fused-ring (bicyclic) bond motifs is 1. The zero-order valence-electron chi connectivity index (χ0n) is 9.47. The van der Waals surface area contributed by atoms with E-state index in [0.29, 0.717) is 6.61 Å². The van der Waals surface area contributed by atoms with Gasteiger partial charge < -0.3 is 4.74 Å². The van der Waals surface area contributed by atoms with E-state index in [1.54, 1.807) is 7.05 Å². The number of carbonyl (C=O) groups excluding carboxylic acids is 1. The molecule has 2 rings (SSSR count). The monoisotopic (exact) mass is 221 g/mol. The second-order valence-corrected chi connectivity index (χ2v) is 3.72. The van der Waals surface area contributed by atoms with Crippen molar-refractivity contribution >= 4 is 5.91 Å². The van der Waals surface area contributed by atoms with E-state index >= 15 is 0 Å². The maximum Gasteiger partial charge on any atom is 0.279 e. The van der Waals surface area contributed by atoms with Crippen molar-refractivity contribution in [2.75, 3.05) is 20.8 Å². The van der Waals surface area contributed by atoms with Crippen LogP contribution in [0, 0.1) is 0 Å². The SMILES string of the molecule is CON(C)C(=O)C1OCCc2ccccc21. The highest BCUT2D eigenvalue weighted by atomic mass is 16.7. The first-order valence-electron chi connectivity index (χ1n) is 5.25. The van der Waals surface area contributed by atoms with Crippen molar-refractivity contribution in [3.63, 3.8) is 0 Å². The van der Waals surface area contributed by atoms with Gasteiger partial charge in [0, 0.05) is 7.05 Å². The van der Waals surface area contributed by atoms with Crippen LogP contribution in [0.2, 0.25) is 0 Å². The molecule has 1 heterocycles. The molecule has 1 amide bonds. The summed E-state index contributed by atoms with van der Waals surface area (Å²) in [5.74, 6) is -0.172. The quantitative estimate of drug-likeness (QED) is 0.707. The van der Waals surface area contributed by atoms with Crippen LogP contribution in [-0.2, 0) is 20.8 Å². The molecule has 1 unspecified atom stereocenters. The van der Waals surface area contributed by atoms with E-state index in [4.69, 9.17) is 9.57 Å². The van der Waals surface area contributed by atoms with Gasteiger partial charge in [0.2, 0.25) is 0 Å². The normalized spacial score (nSPS) is 19.0. The number of rotatable bonds is 2. The fourth-order valence-electron chi connectivity index (χ4n) is 1.85. The Balaban J connectivity index is 2.28. The molecule has 0 fully saturated rings. The van der Waals surface area contributed by atoms with Crippen molar-refractivity contribution in [3.05, 3.63) is 35.4 Å². The molecular formula is C12H15NO3. The lowest BCUT2D eigenvalue weighted by atomic mass is 9.97. The lowest BCUT2D eigenvalue weighted by Gasteiger charge is -2.27. The average Bonchev–Trinajstić information content (AvgIpc) is 2.36. The Hall–Kier alpha value is -1.39. The van der Waals surface area contributed by atoms with E-state index in [1.165, 1.54) is 17.7 Å². The minimum atomic E-state index is -0.533. The Morgan fingerprint density at radius 2 is 2.25 bits per heavy atom. The molecule has 0 aliphatic carbocycles. The van der Waals surface area contributed by atoms with E-state index < -0.39 is 6.10 Å². The summed E-state index contributed by atoms with van der Waals surface area (Å²) >= 11 is 0. The van der Waals surface area contributed by atoms with Crippen LogP contribution < -0.4 is 0 Å². The number of hydrogen-bond acceptors (Lipinski definition) is 3. The maximum atomic E-state index is 12.0. The minimum absolute atomic E-state index is 0.172. The summed E-state index contributed by atoms with van der Waals surface area (Å²) < 4.78 is 5.52. The maximum absolute atomic E-state index is 12.0. The molecule has 0 N–H and O–H groups in total. The van der Waals surface area contributed by atoms with Crippen LogP contribution in [0.25, 0.3) is 0 Å². The van der Waals surface area contributed by atoms with Gasteiger partial charge in [-0.2, -0.15) is 0 Å². The van der Waals surface area contributed by atoms with Crippen LogP contribution in [-0.4, -0.2) is 31.7 Å². The fourth-order valence-corrected chi connectivity index (χ4v) is 1.85. The highest BCUT2D eigenvalue weighted by Gasteiger charge is 2.29. The summed E-state index contributed by atoms with van der Waals surface area (Å²) in [4.78, 5) is 16.9. The molecular weight excluding hydrogens is 206 g/mol. The van der Waals surface area contributed by atoms with Crippen molar-refractivity contribution in [3.8, 4) is 0 Å². The van der Waals surface area contributed by atoms with Gasteiger partial charge in [0.05, 0.1) is 13.7 Å². The van der Waals surface area contributed by atoms with Gasteiger partial charge in [-0.25, -0.2) is 5.06 Å². The average molecular weight is 221 g/mol. The van der Waals surface area contributed by atoms with Crippen LogP contribution in [0.1, 0.15) is 17.2 Å². The van der Waals surface area contributed by atoms with Crippen molar-refractivity contribution in [2.45, 2.75) is 12.5 Å². The van der Waals surface area contributed by atoms with E-state index in [9.17, 15) is 4.79 Å². The summed E-state index contributed by atoms with van der Waals surface area (Å²) in [6, 6.07) is 7.86. The molecule has 0 aromatic heterocycles. The number of amides is 1. The van der Waals surface area contributed by atoms with Gasteiger partial charge in [-0.05, 0) is 17.5 Å². The Labute approximate surface area is 94.7 Å². The van der Waals surface area contributed by atoms with E-state index in [0.717, 1.165) is 12.0 Å². The van der Waals surface area contributed by atoms with Gasteiger partial charge in [0.25, 0.3) is 5.91 Å². The van der Waals surface area contributed by atoms with Crippen molar-refractivity contribution in [1.29, 1.82) is 0 Å². The standard InChI is InChI=1S/C12H15NO3/c1-13(15-2)12(14)11-10-6-4-3-5-9(10)7-8-16-11/h3-6,11H,7-8H2,1-2H3. The molecule has 0 radical (unpaired) electrons. The zero-order chi connectivity index (χ0) is 11.5. The number of benzene rings is 1. The molecule has 1 aromatic rings. The van der Waals surface area contributed by atoms with Crippen molar-refractivity contribution < 1.29 is 14.4 Å². The molecule has 0 saturated heterocycles. The molecule has 1 aliphatic rings. The van der Waals surface area contributed by atoms with Gasteiger partial charge in [-0.1, -0.05) is 24.3 Å². The number of nitrogens with zero attached hydrogens (tertiary/aromatic N) is 1. The van der Waals surface area contributed by atoms with Crippen LogP contribution >= 0.6 is 0 Å². The molecule has 16 heavy (non-hydrogen) atoms. The number of hydrogen-bond donors (Lipinski definition) is 0. The van der Waals surface area contributed by atoms with E-state index in [-0.39, 0.29) is 5.91 Å². The molecule has 0 spiro atoms. The summed E-state index contributed by atoms with van der Waals surface area (Å²) in [6.07, 6.45) is 0.325. The minimum Gasteiger partial charge on any atom is -0.363 e. The molecule has 86 valence electrons. The highest BCUT2D eigenvalue weighted by Crippen LogP contribution is 2.28. The van der Waals surface area contributed by atoms with Crippen LogP contribution in [0.5, 0.6) is 0 Å². The fraction of sp³-hybridized carbons (Fsp3) is 0.417. The first-order chi connectivity index (χ1) is 7.74. The van der Waals surface area contributed by atoms with Crippen LogP contribution in [0.4, 0.5) is 0 Å². The summed E-state index contributed by atoms with van der Waals surface area (Å²) in [5.41, 5.74) is 2.12. The molecule has 4 nitrogen and oxygen atoms in total. The summed E-state index contributed by atoms with van der Waals surface area (Å²) in [5, 5.41) is 1.20. The Kier molecular flexibility index (Phi) is 3.22. The molecule has 0 saturated carbocycles. The molecule has 4 heteroatoms. The molecule has 1 aromatic carbocycles. The third-order valence-corrected chi connectivity index (χ3v) is 2.80. The van der Waals surface area contributed by atoms with Gasteiger partial charge in [-0.15, -0.1) is 0 Å². The molecule has 1 atom stereocenters. The Morgan fingerprint density at radius 1 is 1.50 bits per heavy atom. The predicted molar refractivity (Wildman–Crippen MR) is 58.6 cm³/mol. The van der Waals surface area contributed by atoms with E-state index in [2.05, 4.69) is 0 Å². The Bertz CT molecular complexity index is 392. The summed E-state index contributed by atoms with van der Waals surface area (Å²) in [7, 11) is 3.05.